The van der Waals surface area contributed by atoms with E-state index in [1.165, 1.54) is 12.0 Å². The first-order valence-electron chi connectivity index (χ1n) is 14.9. The second kappa shape index (κ2) is 11.7. The van der Waals surface area contributed by atoms with Crippen molar-refractivity contribution >= 4 is 28.6 Å². The third-order valence-corrected chi connectivity index (χ3v) is 7.97. The monoisotopic (exact) mass is 584 g/mol. The maximum atomic E-state index is 12.4. The highest BCUT2D eigenvalue weighted by Gasteiger charge is 2.28. The zero-order valence-corrected chi connectivity index (χ0v) is 25.3. The number of H-pyrrole nitrogens is 1. The molecular formula is C32H40N8O3. The van der Waals surface area contributed by atoms with Crippen LogP contribution in [0.5, 0.6) is 5.75 Å². The third kappa shape index (κ3) is 6.51. The maximum absolute atomic E-state index is 12.4. The van der Waals surface area contributed by atoms with Crippen LogP contribution in [0.3, 0.4) is 0 Å². The Kier molecular flexibility index (Phi) is 7.83. The predicted molar refractivity (Wildman–Crippen MR) is 168 cm³/mol. The van der Waals surface area contributed by atoms with Crippen molar-refractivity contribution in [3.63, 3.8) is 0 Å². The van der Waals surface area contributed by atoms with Crippen LogP contribution in [0.2, 0.25) is 0 Å². The third-order valence-electron chi connectivity index (χ3n) is 7.97. The Balaban J connectivity index is 1.14. The average molecular weight is 585 g/mol. The molecule has 2 fully saturated rings. The number of fused-ring (bicyclic) bond motifs is 1. The summed E-state index contributed by atoms with van der Waals surface area (Å²) in [5.74, 6) is 1.36. The Morgan fingerprint density at radius 1 is 0.953 bits per heavy atom. The van der Waals surface area contributed by atoms with Gasteiger partial charge in [-0.2, -0.15) is 0 Å². The number of likely N-dealkylation sites (N-methyl/N-ethyl adjacent to an activating group) is 1. The van der Waals surface area contributed by atoms with Crippen molar-refractivity contribution in [2.24, 2.45) is 0 Å². The number of nitrogens with zero attached hydrogens (tertiary/aromatic N) is 6. The first-order chi connectivity index (χ1) is 20.6. The van der Waals surface area contributed by atoms with Gasteiger partial charge in [-0.3, -0.25) is 0 Å². The molecule has 2 saturated heterocycles. The molecule has 0 saturated carbocycles. The number of aromatic amines is 1. The van der Waals surface area contributed by atoms with E-state index in [0.29, 0.717) is 43.0 Å². The number of piperazine rings is 1. The van der Waals surface area contributed by atoms with Crippen molar-refractivity contribution in [1.29, 1.82) is 0 Å². The number of imidazole rings is 1. The fraction of sp³-hybridized carbons (Fsp3) is 0.438. The fourth-order valence-electron chi connectivity index (χ4n) is 5.54. The predicted octanol–water partition coefficient (Wildman–Crippen LogP) is 4.80. The Morgan fingerprint density at radius 3 is 2.33 bits per heavy atom. The lowest BCUT2D eigenvalue weighted by atomic mass is 10.1. The Bertz CT molecular complexity index is 1580. The van der Waals surface area contributed by atoms with E-state index in [0.717, 1.165) is 54.3 Å². The fourth-order valence-corrected chi connectivity index (χ4v) is 5.54. The molecule has 6 rings (SSSR count). The largest absolute Gasteiger partial charge is 0.488 e. The molecule has 2 aliphatic rings. The lowest BCUT2D eigenvalue weighted by Gasteiger charge is -2.34. The van der Waals surface area contributed by atoms with Gasteiger partial charge in [-0.1, -0.05) is 0 Å². The van der Waals surface area contributed by atoms with Crippen LogP contribution >= 0.6 is 0 Å². The number of nitrogens with two attached hydrogens (primary N) is 1. The number of hydrogen-bond acceptors (Lipinski definition) is 9. The molecule has 226 valence electrons. The first kappa shape index (κ1) is 28.7. The van der Waals surface area contributed by atoms with E-state index >= 15 is 0 Å². The molecule has 4 aromatic rings. The topological polar surface area (TPSA) is 126 Å². The summed E-state index contributed by atoms with van der Waals surface area (Å²) in [7, 11) is 2.16. The number of rotatable bonds is 5. The molecule has 0 aliphatic carbocycles. The lowest BCUT2D eigenvalue weighted by Crippen LogP contribution is -2.44. The minimum Gasteiger partial charge on any atom is -0.488 e. The van der Waals surface area contributed by atoms with Gasteiger partial charge in [-0.15, -0.1) is 0 Å². The number of piperidine rings is 1. The number of benzene rings is 2. The molecule has 2 aromatic carbocycles. The van der Waals surface area contributed by atoms with Crippen molar-refractivity contribution in [2.75, 3.05) is 56.9 Å². The molecule has 3 N–H and O–H groups in total. The summed E-state index contributed by atoms with van der Waals surface area (Å²) in [5, 5.41) is 0. The van der Waals surface area contributed by atoms with E-state index in [1.54, 1.807) is 4.90 Å². The summed E-state index contributed by atoms with van der Waals surface area (Å²) in [4.78, 5) is 36.1. The van der Waals surface area contributed by atoms with Gasteiger partial charge >= 0.3 is 6.09 Å². The Labute approximate surface area is 252 Å². The molecule has 0 bridgehead atoms. The Hall–Kier alpha value is -4.38. The summed E-state index contributed by atoms with van der Waals surface area (Å²) in [6.45, 7) is 11.0. The highest BCUT2D eigenvalue weighted by Crippen LogP contribution is 2.33. The number of nitrogens with one attached hydrogen (secondary N) is 1. The van der Waals surface area contributed by atoms with E-state index in [2.05, 4.69) is 56.1 Å². The van der Waals surface area contributed by atoms with Gasteiger partial charge < -0.3 is 34.9 Å². The molecule has 2 aromatic heterocycles. The number of nitrogen functional groups attached to an aromatic ring is 1. The van der Waals surface area contributed by atoms with Crippen LogP contribution in [0.4, 0.5) is 16.2 Å². The minimum absolute atomic E-state index is 0.0320. The van der Waals surface area contributed by atoms with Gasteiger partial charge in [0, 0.05) is 68.9 Å². The highest BCUT2D eigenvalue weighted by molar-refractivity contribution is 5.90. The summed E-state index contributed by atoms with van der Waals surface area (Å²) in [5.41, 5.74) is 11.6. The standard InChI is InChI=1S/C32H40N8O3/c1-32(2,3)43-31(41)40-13-11-24(12-14-40)42-26-10-7-22(19-25(26)33)27-28-30(35-20-34-27)37-29(36-28)21-5-8-23(9-6-21)39-17-15-38(4)16-18-39/h5-10,19-20,24H,11-18,33H2,1-4H3,(H,34,35,36,37). The SMILES string of the molecule is CN1CCN(c2ccc(-c3nc4ncnc(-c5ccc(OC6CCN(C(=O)OC(C)(C)C)CC6)c(N)c5)c4[nH]3)cc2)CC1. The van der Waals surface area contributed by atoms with Crippen molar-refractivity contribution in [3.8, 4) is 28.4 Å². The first-order valence-corrected chi connectivity index (χ1v) is 14.9. The molecule has 0 radical (unpaired) electrons. The van der Waals surface area contributed by atoms with E-state index in [1.807, 2.05) is 39.0 Å². The molecule has 4 heterocycles. The van der Waals surface area contributed by atoms with Crippen molar-refractivity contribution in [2.45, 2.75) is 45.3 Å². The quantitative estimate of drug-likeness (QED) is 0.318. The normalized spacial score (nSPS) is 16.9. The minimum atomic E-state index is -0.510. The molecule has 1 amide bonds. The van der Waals surface area contributed by atoms with E-state index in [4.69, 9.17) is 20.2 Å². The second-order valence-corrected chi connectivity index (χ2v) is 12.4. The van der Waals surface area contributed by atoms with Crippen LogP contribution < -0.4 is 15.4 Å². The molecule has 11 nitrogen and oxygen atoms in total. The number of carbonyl (C=O) groups is 1. The van der Waals surface area contributed by atoms with Crippen LogP contribution in [-0.4, -0.2) is 93.9 Å². The van der Waals surface area contributed by atoms with Gasteiger partial charge in [0.1, 0.15) is 35.1 Å². The zero-order chi connectivity index (χ0) is 30.1. The van der Waals surface area contributed by atoms with Gasteiger partial charge in [0.15, 0.2) is 5.65 Å². The maximum Gasteiger partial charge on any atom is 0.410 e. The van der Waals surface area contributed by atoms with Gasteiger partial charge in [0.2, 0.25) is 0 Å². The van der Waals surface area contributed by atoms with Crippen LogP contribution in [0.15, 0.2) is 48.8 Å². The number of anilines is 2. The zero-order valence-electron chi connectivity index (χ0n) is 25.3. The van der Waals surface area contributed by atoms with Crippen molar-refractivity contribution in [3.05, 3.63) is 48.8 Å². The molecule has 0 unspecified atom stereocenters. The number of ether oxygens (including phenoxy) is 2. The second-order valence-electron chi connectivity index (χ2n) is 12.4. The molecule has 43 heavy (non-hydrogen) atoms. The lowest BCUT2D eigenvalue weighted by molar-refractivity contribution is 0.0127. The highest BCUT2D eigenvalue weighted by atomic mass is 16.6. The van der Waals surface area contributed by atoms with E-state index < -0.39 is 5.60 Å². The van der Waals surface area contributed by atoms with E-state index in [9.17, 15) is 4.79 Å². The molecule has 0 atom stereocenters. The van der Waals surface area contributed by atoms with E-state index in [-0.39, 0.29) is 12.2 Å². The van der Waals surface area contributed by atoms with Crippen LogP contribution in [-0.2, 0) is 4.74 Å². The van der Waals surface area contributed by atoms with Gasteiger partial charge in [0.25, 0.3) is 0 Å². The number of aromatic nitrogens is 4. The van der Waals surface area contributed by atoms with Gasteiger partial charge in [0.05, 0.1) is 11.4 Å². The number of amides is 1. The smallest absolute Gasteiger partial charge is 0.410 e. The number of carbonyl (C=O) groups excluding carboxylic acids is 1. The van der Waals surface area contributed by atoms with Gasteiger partial charge in [-0.05, 0) is 70.3 Å². The Morgan fingerprint density at radius 2 is 1.65 bits per heavy atom. The van der Waals surface area contributed by atoms with Crippen LogP contribution in [0.25, 0.3) is 33.8 Å². The van der Waals surface area contributed by atoms with Crippen molar-refractivity contribution in [1.82, 2.24) is 29.7 Å². The van der Waals surface area contributed by atoms with Crippen LogP contribution in [0.1, 0.15) is 33.6 Å². The molecule has 11 heteroatoms. The molecule has 2 aliphatic heterocycles. The summed E-state index contributed by atoms with van der Waals surface area (Å²) < 4.78 is 11.7. The molecular weight excluding hydrogens is 544 g/mol. The summed E-state index contributed by atoms with van der Waals surface area (Å²) >= 11 is 0. The van der Waals surface area contributed by atoms with Crippen LogP contribution in [0, 0.1) is 0 Å². The average Bonchev–Trinajstić information content (AvgIpc) is 3.43. The molecule has 0 spiro atoms. The van der Waals surface area contributed by atoms with Crippen molar-refractivity contribution < 1.29 is 14.3 Å². The number of hydrogen-bond donors (Lipinski definition) is 2. The summed E-state index contributed by atoms with van der Waals surface area (Å²) in [6.07, 6.45) is 2.63. The summed E-state index contributed by atoms with van der Waals surface area (Å²) in [6, 6.07) is 14.2. The number of likely N-dealkylation sites (tertiary alicyclic amines) is 1. The van der Waals surface area contributed by atoms with Gasteiger partial charge in [-0.25, -0.2) is 19.7 Å².